The maximum atomic E-state index is 14.6. The van der Waals surface area contributed by atoms with Crippen molar-refractivity contribution in [3.63, 3.8) is 0 Å². The molecule has 7 rings (SSSR count). The molecule has 200 valence electrons. The van der Waals surface area contributed by atoms with Crippen LogP contribution in [0.5, 0.6) is 0 Å². The number of aromatic nitrogens is 2. The van der Waals surface area contributed by atoms with Gasteiger partial charge in [0.15, 0.2) is 10.9 Å². The monoisotopic (exact) mass is 584 g/mol. The average molecular weight is 585 g/mol. The van der Waals surface area contributed by atoms with Gasteiger partial charge in [-0.3, -0.25) is 0 Å². The van der Waals surface area contributed by atoms with Gasteiger partial charge in [0.2, 0.25) is 0 Å². The summed E-state index contributed by atoms with van der Waals surface area (Å²) in [4.78, 5) is 18.2. The van der Waals surface area contributed by atoms with Gasteiger partial charge >= 0.3 is 5.97 Å². The van der Waals surface area contributed by atoms with Gasteiger partial charge in [-0.15, -0.1) is 0 Å². The number of nitrogens with one attached hydrogen (secondary N) is 1. The van der Waals surface area contributed by atoms with E-state index in [1.54, 1.807) is 12.1 Å². The zero-order valence-corrected chi connectivity index (χ0v) is 22.9. The van der Waals surface area contributed by atoms with E-state index in [1.807, 2.05) is 6.07 Å². The number of anilines is 1. The van der Waals surface area contributed by atoms with Gasteiger partial charge in [-0.25, -0.2) is 14.2 Å². The summed E-state index contributed by atoms with van der Waals surface area (Å²) in [5, 5.41) is 19.1. The van der Waals surface area contributed by atoms with Gasteiger partial charge in [0.05, 0.1) is 26.4 Å². The summed E-state index contributed by atoms with van der Waals surface area (Å²) in [5.41, 5.74) is 3.64. The van der Waals surface area contributed by atoms with Crippen molar-refractivity contribution >= 4 is 55.9 Å². The van der Waals surface area contributed by atoms with E-state index in [0.29, 0.717) is 38.5 Å². The third kappa shape index (κ3) is 4.37. The number of halogens is 3. The molecule has 1 saturated heterocycles. The molecule has 2 atom stereocenters. The summed E-state index contributed by atoms with van der Waals surface area (Å²) in [7, 11) is 0. The lowest BCUT2D eigenvalue weighted by molar-refractivity contribution is 0.0696. The standard InChI is InChI=1S/C28H23Cl2FN4O3S/c29-19-2-1-3-20(30)23(19)24-18(26(38-34-24)13-4-5-13)12-32-15-10-16-6-7-17(11-15)35(16)28-33-25-21(31)8-14(27(36)37)9-22(25)39-28/h1-3,8-10,13,16-17,32H,4-7,11-12H2,(H,36,37). The number of benzene rings is 2. The Bertz CT molecular complexity index is 1640. The van der Waals surface area contributed by atoms with Crippen LogP contribution in [-0.4, -0.2) is 33.3 Å². The summed E-state index contributed by atoms with van der Waals surface area (Å²) < 4.78 is 21.0. The van der Waals surface area contributed by atoms with Crippen LogP contribution in [0.1, 0.15) is 59.7 Å². The molecule has 4 heterocycles. The number of fused-ring (bicyclic) bond motifs is 3. The molecule has 2 aromatic carbocycles. The fourth-order valence-electron chi connectivity index (χ4n) is 5.75. The topological polar surface area (TPSA) is 91.5 Å². The number of carboxylic acids is 1. The normalized spacial score (nSPS) is 20.5. The fraction of sp³-hybridized carbons (Fsp3) is 0.321. The third-order valence-electron chi connectivity index (χ3n) is 7.76. The molecule has 0 amide bonds. The number of carboxylic acid groups (broad SMARTS) is 1. The molecule has 2 N–H and O–H groups in total. The summed E-state index contributed by atoms with van der Waals surface area (Å²) in [5.74, 6) is -0.492. The minimum absolute atomic E-state index is 0.0695. The van der Waals surface area contributed by atoms with Crippen LogP contribution in [0, 0.1) is 5.82 Å². The molecule has 2 fully saturated rings. The molecule has 3 aliphatic rings. The molecule has 2 unspecified atom stereocenters. The van der Waals surface area contributed by atoms with Crippen LogP contribution in [0.4, 0.5) is 9.52 Å². The molecule has 2 bridgehead atoms. The molecule has 0 radical (unpaired) electrons. The maximum absolute atomic E-state index is 14.6. The lowest BCUT2D eigenvalue weighted by Crippen LogP contribution is -2.40. The Morgan fingerprint density at radius 2 is 2.00 bits per heavy atom. The highest BCUT2D eigenvalue weighted by Crippen LogP contribution is 2.46. The molecule has 11 heteroatoms. The molecule has 1 saturated carbocycles. The molecule has 2 aromatic heterocycles. The van der Waals surface area contributed by atoms with Gasteiger partial charge in [-0.2, -0.15) is 0 Å². The SMILES string of the molecule is O=C(O)c1cc(F)c2nc(N3C4C=C(NCc5c(-c6c(Cl)cccc6Cl)noc5C5CC5)CC3CC4)sc2c1. The van der Waals surface area contributed by atoms with E-state index in [1.165, 1.54) is 17.4 Å². The summed E-state index contributed by atoms with van der Waals surface area (Å²) in [6.45, 7) is 0.543. The van der Waals surface area contributed by atoms with Crippen molar-refractivity contribution in [2.75, 3.05) is 4.90 Å². The highest BCUT2D eigenvalue weighted by Gasteiger charge is 2.39. The number of nitrogens with zero attached hydrogens (tertiary/aromatic N) is 3. The van der Waals surface area contributed by atoms with Gasteiger partial charge in [0.25, 0.3) is 0 Å². The Morgan fingerprint density at radius 3 is 2.72 bits per heavy atom. The van der Waals surface area contributed by atoms with Gasteiger partial charge in [-0.1, -0.05) is 45.8 Å². The van der Waals surface area contributed by atoms with E-state index in [2.05, 4.69) is 26.4 Å². The zero-order valence-electron chi connectivity index (χ0n) is 20.6. The Kier molecular flexibility index (Phi) is 6.06. The first-order chi connectivity index (χ1) is 18.9. The molecule has 1 aliphatic carbocycles. The van der Waals surface area contributed by atoms with Crippen LogP contribution in [0.3, 0.4) is 0 Å². The van der Waals surface area contributed by atoms with Crippen molar-refractivity contribution in [1.29, 1.82) is 0 Å². The van der Waals surface area contributed by atoms with Gasteiger partial charge in [0, 0.05) is 41.7 Å². The first kappa shape index (κ1) is 24.9. The number of carbonyl (C=O) groups is 1. The Balaban J connectivity index is 1.15. The van der Waals surface area contributed by atoms with Crippen molar-refractivity contribution in [1.82, 2.24) is 15.5 Å². The molecule has 0 spiro atoms. The molecule has 2 aliphatic heterocycles. The summed E-state index contributed by atoms with van der Waals surface area (Å²) >= 11 is 14.4. The van der Waals surface area contributed by atoms with E-state index in [9.17, 15) is 14.3 Å². The van der Waals surface area contributed by atoms with Crippen LogP contribution in [-0.2, 0) is 6.54 Å². The van der Waals surface area contributed by atoms with Gasteiger partial charge in [0.1, 0.15) is 17.0 Å². The van der Waals surface area contributed by atoms with Crippen molar-refractivity contribution in [3.8, 4) is 11.3 Å². The number of thiazole rings is 1. The Hall–Kier alpha value is -3.14. The molecular weight excluding hydrogens is 562 g/mol. The maximum Gasteiger partial charge on any atom is 0.335 e. The van der Waals surface area contributed by atoms with E-state index in [4.69, 9.17) is 27.7 Å². The Morgan fingerprint density at radius 1 is 1.21 bits per heavy atom. The van der Waals surface area contributed by atoms with Crippen molar-refractivity contribution in [2.45, 2.75) is 56.7 Å². The van der Waals surface area contributed by atoms with E-state index in [-0.39, 0.29) is 23.2 Å². The van der Waals surface area contributed by atoms with Crippen LogP contribution >= 0.6 is 34.5 Å². The zero-order chi connectivity index (χ0) is 26.8. The highest BCUT2D eigenvalue weighted by molar-refractivity contribution is 7.22. The molecule has 4 aromatic rings. The van der Waals surface area contributed by atoms with Crippen LogP contribution in [0.25, 0.3) is 21.5 Å². The van der Waals surface area contributed by atoms with Crippen LogP contribution in [0.15, 0.2) is 46.6 Å². The Labute approximate surface area is 237 Å². The minimum atomic E-state index is -1.15. The number of rotatable bonds is 7. The van der Waals surface area contributed by atoms with Crippen molar-refractivity contribution in [2.24, 2.45) is 0 Å². The number of hydrogen-bond donors (Lipinski definition) is 2. The van der Waals surface area contributed by atoms with E-state index in [0.717, 1.165) is 60.3 Å². The summed E-state index contributed by atoms with van der Waals surface area (Å²) in [6.07, 6.45) is 7.14. The minimum Gasteiger partial charge on any atom is -0.478 e. The lowest BCUT2D eigenvalue weighted by Gasteiger charge is -2.34. The van der Waals surface area contributed by atoms with Crippen molar-refractivity contribution in [3.05, 3.63) is 74.9 Å². The number of hydrogen-bond acceptors (Lipinski definition) is 7. The molecule has 7 nitrogen and oxygen atoms in total. The second-order valence-electron chi connectivity index (χ2n) is 10.3. The number of aromatic carboxylic acids is 1. The first-order valence-electron chi connectivity index (χ1n) is 12.9. The van der Waals surface area contributed by atoms with Crippen LogP contribution in [0.2, 0.25) is 10.0 Å². The summed E-state index contributed by atoms with van der Waals surface area (Å²) in [6, 6.07) is 8.29. The predicted octanol–water partition coefficient (Wildman–Crippen LogP) is 7.39. The molecular formula is C28H23Cl2FN4O3S. The quantitative estimate of drug-likeness (QED) is 0.234. The van der Waals surface area contributed by atoms with Gasteiger partial charge in [-0.05, 0) is 56.0 Å². The van der Waals surface area contributed by atoms with E-state index >= 15 is 0 Å². The second-order valence-corrected chi connectivity index (χ2v) is 12.1. The second kappa shape index (κ2) is 9.50. The highest BCUT2D eigenvalue weighted by atomic mass is 35.5. The fourth-order valence-corrected chi connectivity index (χ4v) is 7.48. The van der Waals surface area contributed by atoms with Crippen molar-refractivity contribution < 1.29 is 18.8 Å². The largest absolute Gasteiger partial charge is 0.478 e. The predicted molar refractivity (Wildman–Crippen MR) is 149 cm³/mol. The first-order valence-corrected chi connectivity index (χ1v) is 14.4. The molecule has 39 heavy (non-hydrogen) atoms. The van der Waals surface area contributed by atoms with E-state index < -0.39 is 11.8 Å². The average Bonchev–Trinajstić information content (AvgIpc) is 3.42. The van der Waals surface area contributed by atoms with Gasteiger partial charge < -0.3 is 19.8 Å². The lowest BCUT2D eigenvalue weighted by atomic mass is 10.0. The third-order valence-corrected chi connectivity index (χ3v) is 9.40. The van der Waals surface area contributed by atoms with Crippen LogP contribution < -0.4 is 10.2 Å². The smallest absolute Gasteiger partial charge is 0.335 e.